The lowest BCUT2D eigenvalue weighted by Crippen LogP contribution is -2.58. The van der Waals surface area contributed by atoms with E-state index in [4.69, 9.17) is 11.6 Å². The minimum atomic E-state index is -0.311. The lowest BCUT2D eigenvalue weighted by molar-refractivity contribution is -0.135. The second kappa shape index (κ2) is 6.50. The van der Waals surface area contributed by atoms with Crippen LogP contribution in [0.25, 0.3) is 10.9 Å². The van der Waals surface area contributed by atoms with E-state index in [1.165, 1.54) is 6.42 Å². The van der Waals surface area contributed by atoms with Crippen LogP contribution in [0.4, 0.5) is 0 Å². The Kier molecular flexibility index (Phi) is 4.43. The molecule has 0 bridgehead atoms. The number of aromatic amines is 1. The third kappa shape index (κ3) is 2.70. The summed E-state index contributed by atoms with van der Waals surface area (Å²) < 4.78 is 0. The first-order chi connectivity index (χ1) is 12.4. The van der Waals surface area contributed by atoms with Gasteiger partial charge in [0.05, 0.1) is 5.75 Å². The van der Waals surface area contributed by atoms with Gasteiger partial charge < -0.3 is 4.98 Å². The molecule has 1 spiro atoms. The number of halogens is 1. The highest BCUT2D eigenvalue weighted by atomic mass is 35.5. The van der Waals surface area contributed by atoms with Crippen LogP contribution in [0.3, 0.4) is 0 Å². The molecule has 2 heterocycles. The number of fused-ring (bicyclic) bond motifs is 1. The highest BCUT2D eigenvalue weighted by Crippen LogP contribution is 2.49. The number of aryl methyl sites for hydroxylation is 1. The van der Waals surface area contributed by atoms with Crippen LogP contribution >= 0.6 is 23.4 Å². The van der Waals surface area contributed by atoms with Crippen LogP contribution in [0.15, 0.2) is 18.2 Å². The third-order valence-electron chi connectivity index (χ3n) is 5.73. The number of amides is 2. The van der Waals surface area contributed by atoms with Crippen LogP contribution in [0.2, 0.25) is 5.02 Å². The molecule has 138 valence electrons. The van der Waals surface area contributed by atoms with E-state index < -0.39 is 0 Å². The number of benzene rings is 1. The molecule has 1 saturated heterocycles. The Balaban J connectivity index is 1.65. The average molecular weight is 392 g/mol. The SMILES string of the molecule is Cc1c(C(=O)NN2C(=O)CSC23CCCCC3C)[nH]c2ccc(Cl)cc12. The van der Waals surface area contributed by atoms with Crippen molar-refractivity contribution in [1.82, 2.24) is 15.4 Å². The first-order valence-electron chi connectivity index (χ1n) is 8.98. The van der Waals surface area contributed by atoms with Crippen molar-refractivity contribution < 1.29 is 9.59 Å². The van der Waals surface area contributed by atoms with Crippen LogP contribution in [0, 0.1) is 12.8 Å². The highest BCUT2D eigenvalue weighted by Gasteiger charge is 2.51. The Labute approximate surface area is 161 Å². The van der Waals surface area contributed by atoms with Crippen LogP contribution in [-0.4, -0.2) is 32.4 Å². The Bertz CT molecular complexity index is 896. The summed E-state index contributed by atoms with van der Waals surface area (Å²) >= 11 is 7.75. The first-order valence-corrected chi connectivity index (χ1v) is 10.3. The average Bonchev–Trinajstić information content (AvgIpc) is 3.10. The van der Waals surface area contributed by atoms with Gasteiger partial charge in [0.25, 0.3) is 11.8 Å². The van der Waals surface area contributed by atoms with Crippen molar-refractivity contribution in [2.24, 2.45) is 5.92 Å². The van der Waals surface area contributed by atoms with Crippen molar-refractivity contribution in [3.8, 4) is 0 Å². The van der Waals surface area contributed by atoms with Crippen molar-refractivity contribution in [3.63, 3.8) is 0 Å². The van der Waals surface area contributed by atoms with Crippen molar-refractivity contribution in [2.45, 2.75) is 44.4 Å². The molecule has 5 nitrogen and oxygen atoms in total. The number of aromatic nitrogens is 1. The molecule has 1 aliphatic heterocycles. The van der Waals surface area contributed by atoms with E-state index in [1.54, 1.807) is 22.8 Å². The Morgan fingerprint density at radius 3 is 3.00 bits per heavy atom. The molecule has 2 aliphatic rings. The van der Waals surface area contributed by atoms with Gasteiger partial charge in [-0.05, 0) is 49.4 Å². The molecule has 1 aromatic heterocycles. The fourth-order valence-corrected chi connectivity index (χ4v) is 5.86. The normalized spacial score (nSPS) is 26.0. The molecule has 2 unspecified atom stereocenters. The molecule has 7 heteroatoms. The number of hydrogen-bond acceptors (Lipinski definition) is 3. The standard InChI is InChI=1S/C19H22ClN3O2S/c1-11-5-3-4-8-19(11)23(16(24)10-26-19)22-18(25)17-12(2)14-9-13(20)6-7-15(14)21-17/h6-7,9,11,21H,3-5,8,10H2,1-2H3,(H,22,25). The molecule has 26 heavy (non-hydrogen) atoms. The Morgan fingerprint density at radius 1 is 1.42 bits per heavy atom. The minimum Gasteiger partial charge on any atom is -0.350 e. The van der Waals surface area contributed by atoms with Gasteiger partial charge in [-0.2, -0.15) is 0 Å². The number of carbonyl (C=O) groups excluding carboxylic acids is 2. The van der Waals surface area contributed by atoms with Crippen LogP contribution in [-0.2, 0) is 4.79 Å². The summed E-state index contributed by atoms with van der Waals surface area (Å²) in [5, 5.41) is 3.17. The molecule has 4 rings (SSSR count). The molecule has 2 N–H and O–H groups in total. The summed E-state index contributed by atoms with van der Waals surface area (Å²) in [4.78, 5) is 28.4. The van der Waals surface area contributed by atoms with Crippen LogP contribution in [0.1, 0.15) is 48.7 Å². The van der Waals surface area contributed by atoms with Gasteiger partial charge in [0.1, 0.15) is 10.6 Å². The van der Waals surface area contributed by atoms with Gasteiger partial charge >= 0.3 is 0 Å². The molecule has 2 fully saturated rings. The first kappa shape index (κ1) is 17.7. The fraction of sp³-hybridized carbons (Fsp3) is 0.474. The monoisotopic (exact) mass is 391 g/mol. The second-order valence-corrected chi connectivity index (χ2v) is 8.99. The summed E-state index contributed by atoms with van der Waals surface area (Å²) in [7, 11) is 0. The van der Waals surface area contributed by atoms with Crippen molar-refractivity contribution in [2.75, 3.05) is 5.75 Å². The molecule has 1 saturated carbocycles. The summed E-state index contributed by atoms with van der Waals surface area (Å²) in [6.07, 6.45) is 4.27. The van der Waals surface area contributed by atoms with Gasteiger partial charge in [0.2, 0.25) is 0 Å². The molecule has 2 aromatic rings. The number of nitrogens with zero attached hydrogens (tertiary/aromatic N) is 1. The topological polar surface area (TPSA) is 65.2 Å². The van der Waals surface area contributed by atoms with Gasteiger partial charge in [0.15, 0.2) is 0 Å². The minimum absolute atomic E-state index is 0.0195. The molecule has 2 atom stereocenters. The molecule has 1 aliphatic carbocycles. The van der Waals surface area contributed by atoms with E-state index in [9.17, 15) is 9.59 Å². The predicted molar refractivity (Wildman–Crippen MR) is 105 cm³/mol. The van der Waals surface area contributed by atoms with Gasteiger partial charge in [-0.15, -0.1) is 11.8 Å². The number of rotatable bonds is 2. The third-order valence-corrected chi connectivity index (χ3v) is 7.64. The van der Waals surface area contributed by atoms with Crippen molar-refractivity contribution in [3.05, 3.63) is 34.5 Å². The summed E-state index contributed by atoms with van der Waals surface area (Å²) in [6.45, 7) is 4.07. The second-order valence-electron chi connectivity index (χ2n) is 7.27. The lowest BCUT2D eigenvalue weighted by atomic mass is 9.84. The zero-order valence-electron chi connectivity index (χ0n) is 14.9. The fourth-order valence-electron chi connectivity index (χ4n) is 4.21. The van der Waals surface area contributed by atoms with Crippen molar-refractivity contribution in [1.29, 1.82) is 0 Å². The molecular formula is C19H22ClN3O2S. The van der Waals surface area contributed by atoms with E-state index in [-0.39, 0.29) is 16.7 Å². The van der Waals surface area contributed by atoms with E-state index in [1.807, 2.05) is 19.1 Å². The Morgan fingerprint density at radius 2 is 2.23 bits per heavy atom. The zero-order chi connectivity index (χ0) is 18.5. The quantitative estimate of drug-likeness (QED) is 0.803. The summed E-state index contributed by atoms with van der Waals surface area (Å²) in [5.41, 5.74) is 5.09. The zero-order valence-corrected chi connectivity index (χ0v) is 16.5. The highest BCUT2D eigenvalue weighted by molar-refractivity contribution is 8.01. The number of thioether (sulfide) groups is 1. The van der Waals surface area contributed by atoms with E-state index in [0.29, 0.717) is 22.4 Å². The molecule has 1 aromatic carbocycles. The van der Waals surface area contributed by atoms with Crippen molar-refractivity contribution >= 4 is 46.1 Å². The van der Waals surface area contributed by atoms with Gasteiger partial charge in [-0.3, -0.25) is 15.0 Å². The number of H-pyrrole nitrogens is 1. The summed E-state index contributed by atoms with van der Waals surface area (Å²) in [5.74, 6) is 0.485. The number of carbonyl (C=O) groups is 2. The van der Waals surface area contributed by atoms with E-state index in [0.717, 1.165) is 35.7 Å². The van der Waals surface area contributed by atoms with E-state index >= 15 is 0 Å². The lowest BCUT2D eigenvalue weighted by Gasteiger charge is -2.44. The largest absolute Gasteiger partial charge is 0.350 e. The van der Waals surface area contributed by atoms with E-state index in [2.05, 4.69) is 17.3 Å². The summed E-state index contributed by atoms with van der Waals surface area (Å²) in [6, 6.07) is 5.50. The van der Waals surface area contributed by atoms with Gasteiger partial charge in [-0.1, -0.05) is 31.4 Å². The smallest absolute Gasteiger partial charge is 0.286 e. The number of hydrogen-bond donors (Lipinski definition) is 2. The maximum Gasteiger partial charge on any atom is 0.286 e. The molecule has 0 radical (unpaired) electrons. The number of nitrogens with one attached hydrogen (secondary N) is 2. The van der Waals surface area contributed by atoms with Crippen LogP contribution < -0.4 is 5.43 Å². The predicted octanol–water partition coefficient (Wildman–Crippen LogP) is 4.26. The Hall–Kier alpha value is -1.66. The van der Waals surface area contributed by atoms with Gasteiger partial charge in [0, 0.05) is 15.9 Å². The van der Waals surface area contributed by atoms with Crippen LogP contribution in [0.5, 0.6) is 0 Å². The maximum absolute atomic E-state index is 13.0. The molecule has 2 amide bonds. The number of hydrazine groups is 1. The van der Waals surface area contributed by atoms with Gasteiger partial charge in [-0.25, -0.2) is 5.01 Å². The molecular weight excluding hydrogens is 370 g/mol. The maximum atomic E-state index is 13.0.